The Balaban J connectivity index is 1.67. The summed E-state index contributed by atoms with van der Waals surface area (Å²) in [4.78, 5) is 17.5. The van der Waals surface area contributed by atoms with Gasteiger partial charge < -0.3 is 5.32 Å². The Morgan fingerprint density at radius 3 is 3.00 bits per heavy atom. The Morgan fingerprint density at radius 2 is 2.27 bits per heavy atom. The van der Waals surface area contributed by atoms with Gasteiger partial charge in [0.05, 0.1) is 17.9 Å². The molecular weight excluding hydrogens is 300 g/mol. The van der Waals surface area contributed by atoms with E-state index in [-0.39, 0.29) is 11.9 Å². The van der Waals surface area contributed by atoms with Crippen LogP contribution in [0.15, 0.2) is 17.8 Å². The van der Waals surface area contributed by atoms with Crippen LogP contribution in [0.2, 0.25) is 0 Å². The van der Waals surface area contributed by atoms with Gasteiger partial charge in [0.2, 0.25) is 4.96 Å². The summed E-state index contributed by atoms with van der Waals surface area (Å²) in [6, 6.07) is 1.60. The summed E-state index contributed by atoms with van der Waals surface area (Å²) in [7, 11) is 0. The molecule has 0 aliphatic heterocycles. The van der Waals surface area contributed by atoms with E-state index in [1.54, 1.807) is 16.1 Å². The van der Waals surface area contributed by atoms with Crippen molar-refractivity contribution >= 4 is 22.2 Å². The van der Waals surface area contributed by atoms with E-state index in [9.17, 15) is 4.79 Å². The summed E-state index contributed by atoms with van der Waals surface area (Å²) >= 11 is 1.46. The highest BCUT2D eigenvalue weighted by Crippen LogP contribution is 2.16. The van der Waals surface area contributed by atoms with Gasteiger partial charge in [-0.2, -0.15) is 10.2 Å². The van der Waals surface area contributed by atoms with Gasteiger partial charge in [0.25, 0.3) is 5.91 Å². The minimum atomic E-state index is -0.205. The lowest BCUT2D eigenvalue weighted by Gasteiger charge is -2.09. The zero-order valence-corrected chi connectivity index (χ0v) is 13.5. The van der Waals surface area contributed by atoms with Gasteiger partial charge in [-0.3, -0.25) is 9.89 Å². The van der Waals surface area contributed by atoms with E-state index in [1.165, 1.54) is 11.3 Å². The summed E-state index contributed by atoms with van der Waals surface area (Å²) in [6.07, 6.45) is 2.70. The maximum atomic E-state index is 12.2. The van der Waals surface area contributed by atoms with E-state index >= 15 is 0 Å². The van der Waals surface area contributed by atoms with Gasteiger partial charge in [-0.05, 0) is 25.3 Å². The SMILES string of the molecule is CC(C)Cc1cc(C(=O)NC(C)c2cn3ncsc3n2)n[nH]1. The third kappa shape index (κ3) is 3.01. The molecule has 3 heterocycles. The number of imidazole rings is 1. The maximum absolute atomic E-state index is 12.2. The average molecular weight is 318 g/mol. The van der Waals surface area contributed by atoms with Crippen LogP contribution in [0.3, 0.4) is 0 Å². The first kappa shape index (κ1) is 14.7. The molecule has 3 rings (SSSR count). The zero-order chi connectivity index (χ0) is 15.7. The first-order valence-corrected chi connectivity index (χ1v) is 8.05. The quantitative estimate of drug-likeness (QED) is 0.755. The molecule has 7 nitrogen and oxygen atoms in total. The number of aromatic amines is 1. The first-order valence-electron chi connectivity index (χ1n) is 7.17. The van der Waals surface area contributed by atoms with Gasteiger partial charge in [0, 0.05) is 5.69 Å². The molecule has 2 N–H and O–H groups in total. The molecule has 1 amide bonds. The van der Waals surface area contributed by atoms with Gasteiger partial charge in [-0.1, -0.05) is 25.2 Å². The van der Waals surface area contributed by atoms with Crippen LogP contribution < -0.4 is 5.32 Å². The fraction of sp³-hybridized carbons (Fsp3) is 0.429. The third-order valence-corrected chi connectivity index (χ3v) is 3.98. The second kappa shape index (κ2) is 5.88. The normalized spacial score (nSPS) is 12.9. The van der Waals surface area contributed by atoms with Crippen LogP contribution in [0.1, 0.15) is 48.7 Å². The average Bonchev–Trinajstić information content (AvgIpc) is 3.11. The molecule has 0 radical (unpaired) electrons. The summed E-state index contributed by atoms with van der Waals surface area (Å²) in [6.45, 7) is 6.15. The number of carbonyl (C=O) groups excluding carboxylic acids is 1. The lowest BCUT2D eigenvalue weighted by Crippen LogP contribution is -2.27. The van der Waals surface area contributed by atoms with Gasteiger partial charge in [-0.15, -0.1) is 0 Å². The molecule has 116 valence electrons. The summed E-state index contributed by atoms with van der Waals surface area (Å²) in [5.41, 5.74) is 3.89. The zero-order valence-electron chi connectivity index (χ0n) is 12.7. The molecule has 22 heavy (non-hydrogen) atoms. The van der Waals surface area contributed by atoms with Gasteiger partial charge in [-0.25, -0.2) is 9.50 Å². The van der Waals surface area contributed by atoms with Crippen molar-refractivity contribution in [1.29, 1.82) is 0 Å². The lowest BCUT2D eigenvalue weighted by molar-refractivity contribution is 0.0934. The Morgan fingerprint density at radius 1 is 1.45 bits per heavy atom. The standard InChI is InChI=1S/C14H18N6OS/c1-8(2)4-10-5-11(19-18-10)13(21)16-9(3)12-6-20-14(17-12)22-7-15-20/h5-9H,4H2,1-3H3,(H,16,21)(H,18,19). The molecule has 0 fully saturated rings. The van der Waals surface area contributed by atoms with Gasteiger partial charge in [0.1, 0.15) is 11.2 Å². The number of amides is 1. The second-order valence-electron chi connectivity index (χ2n) is 5.70. The Labute approximate surface area is 131 Å². The van der Waals surface area contributed by atoms with Crippen molar-refractivity contribution in [2.24, 2.45) is 5.92 Å². The highest BCUT2D eigenvalue weighted by molar-refractivity contribution is 7.14. The minimum absolute atomic E-state index is 0.202. The van der Waals surface area contributed by atoms with E-state index in [4.69, 9.17) is 0 Å². The lowest BCUT2D eigenvalue weighted by atomic mass is 10.1. The molecule has 3 aromatic rings. The topological polar surface area (TPSA) is 88.0 Å². The van der Waals surface area contributed by atoms with Crippen LogP contribution >= 0.6 is 11.3 Å². The number of nitrogens with one attached hydrogen (secondary N) is 2. The van der Waals surface area contributed by atoms with Crippen LogP contribution in [0.4, 0.5) is 0 Å². The molecule has 0 aliphatic rings. The minimum Gasteiger partial charge on any atom is -0.342 e. The van der Waals surface area contributed by atoms with Crippen molar-refractivity contribution in [3.05, 3.63) is 34.9 Å². The van der Waals surface area contributed by atoms with Crippen molar-refractivity contribution in [2.75, 3.05) is 0 Å². The van der Waals surface area contributed by atoms with Crippen LogP contribution in [0, 0.1) is 5.92 Å². The largest absolute Gasteiger partial charge is 0.342 e. The highest BCUT2D eigenvalue weighted by Gasteiger charge is 2.17. The van der Waals surface area contributed by atoms with Gasteiger partial charge >= 0.3 is 0 Å². The molecule has 8 heteroatoms. The monoisotopic (exact) mass is 318 g/mol. The Kier molecular flexibility index (Phi) is 3.93. The number of aromatic nitrogens is 5. The molecule has 0 aromatic carbocycles. The van der Waals surface area contributed by atoms with E-state index in [1.807, 2.05) is 13.1 Å². The van der Waals surface area contributed by atoms with E-state index < -0.39 is 0 Å². The number of fused-ring (bicyclic) bond motifs is 1. The highest BCUT2D eigenvalue weighted by atomic mass is 32.1. The fourth-order valence-electron chi connectivity index (χ4n) is 2.23. The number of carbonyl (C=O) groups is 1. The predicted octanol–water partition coefficient (Wildman–Crippen LogP) is 2.20. The Hall–Kier alpha value is -2.22. The maximum Gasteiger partial charge on any atom is 0.272 e. The molecular formula is C14H18N6OS. The second-order valence-corrected chi connectivity index (χ2v) is 6.51. The smallest absolute Gasteiger partial charge is 0.272 e. The summed E-state index contributed by atoms with van der Waals surface area (Å²) in [5, 5.41) is 14.0. The number of rotatable bonds is 5. The van der Waals surface area contributed by atoms with Crippen LogP contribution in [-0.4, -0.2) is 30.7 Å². The van der Waals surface area contributed by atoms with Crippen LogP contribution in [0.25, 0.3) is 4.96 Å². The number of hydrogen-bond acceptors (Lipinski definition) is 5. The number of nitrogens with zero attached hydrogens (tertiary/aromatic N) is 4. The summed E-state index contributed by atoms with van der Waals surface area (Å²) in [5.74, 6) is 0.310. The van der Waals surface area contributed by atoms with Crippen LogP contribution in [0.5, 0.6) is 0 Å². The van der Waals surface area contributed by atoms with E-state index in [0.717, 1.165) is 22.8 Å². The molecule has 1 atom stereocenters. The van der Waals surface area contributed by atoms with Crippen molar-refractivity contribution in [2.45, 2.75) is 33.2 Å². The van der Waals surface area contributed by atoms with Crippen molar-refractivity contribution in [1.82, 2.24) is 30.1 Å². The predicted molar refractivity (Wildman–Crippen MR) is 83.9 cm³/mol. The van der Waals surface area contributed by atoms with Crippen LogP contribution in [-0.2, 0) is 6.42 Å². The van der Waals surface area contributed by atoms with E-state index in [2.05, 4.69) is 39.4 Å². The first-order chi connectivity index (χ1) is 10.5. The molecule has 0 spiro atoms. The molecule has 0 bridgehead atoms. The third-order valence-electron chi connectivity index (χ3n) is 3.29. The van der Waals surface area contributed by atoms with E-state index in [0.29, 0.717) is 11.6 Å². The van der Waals surface area contributed by atoms with Crippen molar-refractivity contribution in [3.63, 3.8) is 0 Å². The van der Waals surface area contributed by atoms with Crippen molar-refractivity contribution in [3.8, 4) is 0 Å². The molecule has 3 aromatic heterocycles. The molecule has 0 aliphatic carbocycles. The van der Waals surface area contributed by atoms with Gasteiger partial charge in [0.15, 0.2) is 0 Å². The fourth-order valence-corrected chi connectivity index (χ4v) is 2.84. The molecule has 0 saturated heterocycles. The molecule has 0 saturated carbocycles. The van der Waals surface area contributed by atoms with Crippen molar-refractivity contribution < 1.29 is 4.79 Å². The number of H-pyrrole nitrogens is 1. The Bertz CT molecular complexity index is 758. The molecule has 1 unspecified atom stereocenters. The summed E-state index contributed by atoms with van der Waals surface area (Å²) < 4.78 is 1.71. The number of hydrogen-bond donors (Lipinski definition) is 2.